The SMILES string of the molecule is CCC(C)C1NC(=O)C(C)N(Cc2ncccn2)C1=O. The highest BCUT2D eigenvalue weighted by molar-refractivity contribution is 5.96. The Kier molecular flexibility index (Phi) is 4.32. The van der Waals surface area contributed by atoms with Gasteiger partial charge in [0.25, 0.3) is 0 Å². The molecule has 0 aromatic carbocycles. The molecule has 2 amide bonds. The fourth-order valence-corrected chi connectivity index (χ4v) is 2.25. The van der Waals surface area contributed by atoms with Crippen LogP contribution in [0.5, 0.6) is 0 Å². The van der Waals surface area contributed by atoms with Crippen LogP contribution < -0.4 is 5.32 Å². The van der Waals surface area contributed by atoms with E-state index in [2.05, 4.69) is 15.3 Å². The van der Waals surface area contributed by atoms with Crippen LogP contribution >= 0.6 is 0 Å². The van der Waals surface area contributed by atoms with Gasteiger partial charge in [0.05, 0.1) is 6.54 Å². The summed E-state index contributed by atoms with van der Waals surface area (Å²) in [6, 6.07) is 0.777. The highest BCUT2D eigenvalue weighted by Crippen LogP contribution is 2.19. The summed E-state index contributed by atoms with van der Waals surface area (Å²) in [6.07, 6.45) is 4.10. The number of hydrogen-bond acceptors (Lipinski definition) is 4. The Balaban J connectivity index is 2.20. The van der Waals surface area contributed by atoms with Gasteiger partial charge in [-0.15, -0.1) is 0 Å². The summed E-state index contributed by atoms with van der Waals surface area (Å²) in [4.78, 5) is 34.4. The van der Waals surface area contributed by atoms with Crippen LogP contribution in [0.4, 0.5) is 0 Å². The first-order chi connectivity index (χ1) is 9.54. The normalized spacial score (nSPS) is 24.4. The molecule has 20 heavy (non-hydrogen) atoms. The van der Waals surface area contributed by atoms with Crippen molar-refractivity contribution in [2.24, 2.45) is 5.92 Å². The van der Waals surface area contributed by atoms with Gasteiger partial charge < -0.3 is 10.2 Å². The second-order valence-corrected chi connectivity index (χ2v) is 5.18. The minimum atomic E-state index is -0.494. The van der Waals surface area contributed by atoms with Crippen molar-refractivity contribution in [1.29, 1.82) is 0 Å². The molecule has 1 aromatic heterocycles. The number of amides is 2. The lowest BCUT2D eigenvalue weighted by Crippen LogP contribution is -2.63. The molecule has 6 nitrogen and oxygen atoms in total. The van der Waals surface area contributed by atoms with Gasteiger partial charge in [0.15, 0.2) is 0 Å². The van der Waals surface area contributed by atoms with Crippen molar-refractivity contribution in [2.45, 2.75) is 45.8 Å². The number of nitrogens with zero attached hydrogens (tertiary/aromatic N) is 3. The van der Waals surface area contributed by atoms with Crippen molar-refractivity contribution in [1.82, 2.24) is 20.2 Å². The summed E-state index contributed by atoms with van der Waals surface area (Å²) in [7, 11) is 0. The molecule has 3 unspecified atom stereocenters. The summed E-state index contributed by atoms with van der Waals surface area (Å²) in [5, 5.41) is 2.81. The Labute approximate surface area is 118 Å². The van der Waals surface area contributed by atoms with E-state index in [-0.39, 0.29) is 24.3 Å². The molecule has 1 N–H and O–H groups in total. The van der Waals surface area contributed by atoms with E-state index < -0.39 is 12.1 Å². The van der Waals surface area contributed by atoms with E-state index in [0.717, 1.165) is 6.42 Å². The number of hydrogen-bond donors (Lipinski definition) is 1. The molecule has 108 valence electrons. The fraction of sp³-hybridized carbons (Fsp3) is 0.571. The molecular weight excluding hydrogens is 256 g/mol. The largest absolute Gasteiger partial charge is 0.342 e. The highest BCUT2D eigenvalue weighted by atomic mass is 16.2. The summed E-state index contributed by atoms with van der Waals surface area (Å²) >= 11 is 0. The quantitative estimate of drug-likeness (QED) is 0.880. The second-order valence-electron chi connectivity index (χ2n) is 5.18. The summed E-state index contributed by atoms with van der Waals surface area (Å²) in [6.45, 7) is 5.97. The zero-order chi connectivity index (χ0) is 14.7. The lowest BCUT2D eigenvalue weighted by Gasteiger charge is -2.39. The fourth-order valence-electron chi connectivity index (χ4n) is 2.25. The van der Waals surface area contributed by atoms with Crippen LogP contribution in [0.15, 0.2) is 18.5 Å². The summed E-state index contributed by atoms with van der Waals surface area (Å²) < 4.78 is 0. The van der Waals surface area contributed by atoms with E-state index >= 15 is 0 Å². The molecule has 0 aliphatic carbocycles. The van der Waals surface area contributed by atoms with Gasteiger partial charge in [-0.1, -0.05) is 20.3 Å². The van der Waals surface area contributed by atoms with Crippen LogP contribution in [0, 0.1) is 5.92 Å². The third-order valence-corrected chi connectivity index (χ3v) is 3.84. The molecule has 1 saturated heterocycles. The van der Waals surface area contributed by atoms with Gasteiger partial charge in [-0.05, 0) is 18.9 Å². The third kappa shape index (κ3) is 2.79. The number of piperazine rings is 1. The molecule has 0 saturated carbocycles. The lowest BCUT2D eigenvalue weighted by molar-refractivity contribution is -0.150. The van der Waals surface area contributed by atoms with E-state index in [4.69, 9.17) is 0 Å². The van der Waals surface area contributed by atoms with Crippen molar-refractivity contribution < 1.29 is 9.59 Å². The average Bonchev–Trinajstić information content (AvgIpc) is 2.47. The number of carbonyl (C=O) groups is 2. The van der Waals surface area contributed by atoms with Crippen molar-refractivity contribution in [3.63, 3.8) is 0 Å². The van der Waals surface area contributed by atoms with Crippen LogP contribution in [0.1, 0.15) is 33.0 Å². The Bertz CT molecular complexity index is 491. The molecule has 0 spiro atoms. The molecule has 3 atom stereocenters. The molecule has 0 radical (unpaired) electrons. The van der Waals surface area contributed by atoms with Gasteiger partial charge in [-0.2, -0.15) is 0 Å². The predicted octanol–water partition coefficient (Wildman–Crippen LogP) is 0.738. The minimum Gasteiger partial charge on any atom is -0.342 e. The van der Waals surface area contributed by atoms with Crippen LogP contribution in [0.2, 0.25) is 0 Å². The molecule has 1 aliphatic rings. The zero-order valence-electron chi connectivity index (χ0n) is 12.0. The third-order valence-electron chi connectivity index (χ3n) is 3.84. The molecule has 2 heterocycles. The zero-order valence-corrected chi connectivity index (χ0v) is 12.0. The summed E-state index contributed by atoms with van der Waals surface area (Å²) in [5.41, 5.74) is 0. The predicted molar refractivity (Wildman–Crippen MR) is 73.4 cm³/mol. The van der Waals surface area contributed by atoms with Crippen LogP contribution in [-0.4, -0.2) is 38.8 Å². The molecular formula is C14H20N4O2. The van der Waals surface area contributed by atoms with Crippen molar-refractivity contribution in [3.8, 4) is 0 Å². The number of rotatable bonds is 4. The first-order valence-corrected chi connectivity index (χ1v) is 6.91. The first-order valence-electron chi connectivity index (χ1n) is 6.91. The van der Waals surface area contributed by atoms with Crippen LogP contribution in [0.25, 0.3) is 0 Å². The van der Waals surface area contributed by atoms with Gasteiger partial charge in [0.2, 0.25) is 11.8 Å². The van der Waals surface area contributed by atoms with Crippen molar-refractivity contribution in [2.75, 3.05) is 0 Å². The topological polar surface area (TPSA) is 75.2 Å². The van der Waals surface area contributed by atoms with Crippen molar-refractivity contribution >= 4 is 11.8 Å². The molecule has 2 rings (SSSR count). The maximum absolute atomic E-state index is 12.5. The maximum atomic E-state index is 12.5. The van der Waals surface area contributed by atoms with Gasteiger partial charge in [-0.25, -0.2) is 9.97 Å². The minimum absolute atomic E-state index is 0.0566. The molecule has 1 fully saturated rings. The second kappa shape index (κ2) is 5.98. The van der Waals surface area contributed by atoms with Gasteiger partial charge in [0, 0.05) is 12.4 Å². The van der Waals surface area contributed by atoms with Gasteiger partial charge in [-0.3, -0.25) is 9.59 Å². The number of nitrogens with one attached hydrogen (secondary N) is 1. The first kappa shape index (κ1) is 14.4. The lowest BCUT2D eigenvalue weighted by atomic mass is 9.94. The van der Waals surface area contributed by atoms with Crippen LogP contribution in [0.3, 0.4) is 0 Å². The molecule has 1 aromatic rings. The average molecular weight is 276 g/mol. The summed E-state index contributed by atoms with van der Waals surface area (Å²) in [5.74, 6) is 0.480. The smallest absolute Gasteiger partial charge is 0.246 e. The number of aromatic nitrogens is 2. The van der Waals surface area contributed by atoms with E-state index in [1.165, 1.54) is 0 Å². The van der Waals surface area contributed by atoms with Crippen molar-refractivity contribution in [3.05, 3.63) is 24.3 Å². The highest BCUT2D eigenvalue weighted by Gasteiger charge is 2.40. The Morgan fingerprint density at radius 1 is 1.35 bits per heavy atom. The molecule has 1 aliphatic heterocycles. The van der Waals surface area contributed by atoms with E-state index in [1.807, 2.05) is 13.8 Å². The molecule has 6 heteroatoms. The van der Waals surface area contributed by atoms with Gasteiger partial charge in [0.1, 0.15) is 17.9 Å². The number of carbonyl (C=O) groups excluding carboxylic acids is 2. The van der Waals surface area contributed by atoms with E-state index in [0.29, 0.717) is 5.82 Å². The van der Waals surface area contributed by atoms with Gasteiger partial charge >= 0.3 is 0 Å². The molecule has 0 bridgehead atoms. The van der Waals surface area contributed by atoms with E-state index in [9.17, 15) is 9.59 Å². The monoisotopic (exact) mass is 276 g/mol. The van der Waals surface area contributed by atoms with Crippen LogP contribution in [-0.2, 0) is 16.1 Å². The Morgan fingerprint density at radius 2 is 2.00 bits per heavy atom. The Hall–Kier alpha value is -1.98. The van der Waals surface area contributed by atoms with E-state index in [1.54, 1.807) is 30.3 Å². The maximum Gasteiger partial charge on any atom is 0.246 e. The Morgan fingerprint density at radius 3 is 2.60 bits per heavy atom. The standard InChI is InChI=1S/C14H20N4O2/c1-4-9(2)12-14(20)18(10(3)13(19)17-12)8-11-15-6-5-7-16-11/h5-7,9-10,12H,4,8H2,1-3H3,(H,17,19).